The molecular weight excluding hydrogens is 236 g/mol. The fraction of sp³-hybridized carbons (Fsp3) is 0.125. The van der Waals surface area contributed by atoms with Crippen molar-refractivity contribution in [3.8, 4) is 5.75 Å². The molecule has 9 heteroatoms. The first-order chi connectivity index (χ1) is 7.82. The van der Waals surface area contributed by atoms with E-state index in [0.717, 1.165) is 0 Å². The number of nitrogens with zero attached hydrogens (tertiary/aromatic N) is 2. The molecule has 0 heterocycles. The van der Waals surface area contributed by atoms with Gasteiger partial charge in [-0.2, -0.15) is 0 Å². The lowest BCUT2D eigenvalue weighted by atomic mass is 10.1. The minimum atomic E-state index is -1.56. The Kier molecular flexibility index (Phi) is 3.22. The molecule has 1 aromatic rings. The van der Waals surface area contributed by atoms with Crippen molar-refractivity contribution in [2.45, 2.75) is 6.42 Å². The third-order valence-electron chi connectivity index (χ3n) is 1.85. The smallest absolute Gasteiger partial charge is 0.268 e. The van der Waals surface area contributed by atoms with Gasteiger partial charge in [0.05, 0.1) is 15.6 Å². The number of hydrogen-bond donors (Lipinski definition) is 0. The third-order valence-corrected chi connectivity index (χ3v) is 1.85. The Hall–Kier alpha value is -2.71. The quantitative estimate of drug-likeness (QED) is 0.477. The molecule has 0 amide bonds. The molecule has 1 aromatic carbocycles. The van der Waals surface area contributed by atoms with Crippen molar-refractivity contribution in [2.24, 2.45) is 0 Å². The van der Waals surface area contributed by atoms with Crippen LogP contribution in [0.2, 0.25) is 0 Å². The number of aliphatic carboxylic acids is 1. The minimum Gasteiger partial charge on any atom is -0.863 e. The second kappa shape index (κ2) is 4.43. The molecule has 0 aliphatic rings. The van der Waals surface area contributed by atoms with Gasteiger partial charge in [0.15, 0.2) is 0 Å². The summed E-state index contributed by atoms with van der Waals surface area (Å²) in [5, 5.41) is 42.4. The van der Waals surface area contributed by atoms with Crippen molar-refractivity contribution in [1.82, 2.24) is 0 Å². The van der Waals surface area contributed by atoms with Crippen molar-refractivity contribution >= 4 is 17.3 Å². The van der Waals surface area contributed by atoms with Crippen molar-refractivity contribution in [3.63, 3.8) is 0 Å². The van der Waals surface area contributed by atoms with Crippen molar-refractivity contribution in [3.05, 3.63) is 37.9 Å². The van der Waals surface area contributed by atoms with Gasteiger partial charge in [0.2, 0.25) is 0 Å². The lowest BCUT2D eigenvalue weighted by Gasteiger charge is -2.10. The van der Waals surface area contributed by atoms with Crippen LogP contribution in [0.4, 0.5) is 11.4 Å². The predicted molar refractivity (Wildman–Crippen MR) is 47.9 cm³/mol. The van der Waals surface area contributed by atoms with Crippen LogP contribution < -0.4 is 10.2 Å². The lowest BCUT2D eigenvalue weighted by Crippen LogP contribution is -2.24. The maximum absolute atomic E-state index is 11.2. The standard InChI is InChI=1S/C8H6N2O7/c11-7(12)3-4-1-5(9(14)15)8(13)6(2-4)10(16)17/h1-2,13H,3H2,(H,11,12)/p-2. The van der Waals surface area contributed by atoms with E-state index in [9.17, 15) is 35.2 Å². The van der Waals surface area contributed by atoms with E-state index in [0.29, 0.717) is 12.1 Å². The number of carbonyl (C=O) groups excluding carboxylic acids is 1. The Morgan fingerprint density at radius 1 is 1.12 bits per heavy atom. The Labute approximate surface area is 93.2 Å². The summed E-state index contributed by atoms with van der Waals surface area (Å²) in [5.74, 6) is -2.92. The average Bonchev–Trinajstić information content (AvgIpc) is 2.18. The second-order valence-corrected chi connectivity index (χ2v) is 3.03. The molecule has 0 bridgehead atoms. The normalized spacial score (nSPS) is 9.88. The van der Waals surface area contributed by atoms with Gasteiger partial charge in [0.25, 0.3) is 11.4 Å². The zero-order valence-corrected chi connectivity index (χ0v) is 8.11. The molecule has 0 aromatic heterocycles. The van der Waals surface area contributed by atoms with E-state index in [4.69, 9.17) is 0 Å². The molecule has 0 N–H and O–H groups in total. The molecule has 1 rings (SSSR count). The molecule has 0 saturated carbocycles. The van der Waals surface area contributed by atoms with Gasteiger partial charge in [-0.15, -0.1) is 0 Å². The van der Waals surface area contributed by atoms with Gasteiger partial charge in [-0.3, -0.25) is 20.2 Å². The van der Waals surface area contributed by atoms with Crippen LogP contribution >= 0.6 is 0 Å². The largest absolute Gasteiger partial charge is 0.863 e. The van der Waals surface area contributed by atoms with Crippen LogP contribution in [0.25, 0.3) is 0 Å². The van der Waals surface area contributed by atoms with Crippen LogP contribution in [0.1, 0.15) is 5.56 Å². The van der Waals surface area contributed by atoms with Crippen molar-refractivity contribution < 1.29 is 24.9 Å². The average molecular weight is 240 g/mol. The zero-order valence-electron chi connectivity index (χ0n) is 8.11. The first-order valence-electron chi connectivity index (χ1n) is 4.15. The summed E-state index contributed by atoms with van der Waals surface area (Å²) < 4.78 is 0. The van der Waals surface area contributed by atoms with Gasteiger partial charge in [0.1, 0.15) is 0 Å². The van der Waals surface area contributed by atoms with E-state index in [1.54, 1.807) is 0 Å². The van der Waals surface area contributed by atoms with Crippen LogP contribution in [-0.2, 0) is 11.2 Å². The summed E-state index contributed by atoms with van der Waals surface area (Å²) in [6, 6.07) is 1.37. The number of nitro groups is 2. The maximum atomic E-state index is 11.2. The maximum Gasteiger partial charge on any atom is 0.268 e. The first-order valence-corrected chi connectivity index (χ1v) is 4.15. The summed E-state index contributed by atoms with van der Waals surface area (Å²) in [6.07, 6.45) is -0.748. The fourth-order valence-corrected chi connectivity index (χ4v) is 1.20. The number of carboxylic acid groups (broad SMARTS) is 1. The fourth-order valence-electron chi connectivity index (χ4n) is 1.20. The van der Waals surface area contributed by atoms with Gasteiger partial charge in [-0.25, -0.2) is 0 Å². The van der Waals surface area contributed by atoms with Crippen LogP contribution in [0, 0.1) is 20.2 Å². The summed E-state index contributed by atoms with van der Waals surface area (Å²) >= 11 is 0. The summed E-state index contributed by atoms with van der Waals surface area (Å²) in [6.45, 7) is 0. The topological polar surface area (TPSA) is 149 Å². The van der Waals surface area contributed by atoms with Gasteiger partial charge in [-0.05, 0) is 5.56 Å². The zero-order chi connectivity index (χ0) is 13.2. The summed E-state index contributed by atoms with van der Waals surface area (Å²) in [5.41, 5.74) is -2.30. The predicted octanol–water partition coefficient (Wildman–Crippen LogP) is -1.13. The number of rotatable bonds is 4. The van der Waals surface area contributed by atoms with Crippen molar-refractivity contribution in [2.75, 3.05) is 0 Å². The molecule has 90 valence electrons. The van der Waals surface area contributed by atoms with Gasteiger partial charge in [-0.1, -0.05) is 0 Å². The Bertz CT molecular complexity index is 476. The number of hydrogen-bond acceptors (Lipinski definition) is 7. The van der Waals surface area contributed by atoms with E-state index in [-0.39, 0.29) is 5.56 Å². The number of benzene rings is 1. The molecular formula is C8H4N2O7-2. The third kappa shape index (κ3) is 2.65. The van der Waals surface area contributed by atoms with E-state index in [1.165, 1.54) is 0 Å². The lowest BCUT2D eigenvalue weighted by molar-refractivity contribution is -0.416. The highest BCUT2D eigenvalue weighted by molar-refractivity contribution is 5.70. The molecule has 0 unspecified atom stereocenters. The second-order valence-electron chi connectivity index (χ2n) is 3.03. The number of nitro benzene ring substituents is 2. The Morgan fingerprint density at radius 2 is 1.53 bits per heavy atom. The molecule has 17 heavy (non-hydrogen) atoms. The van der Waals surface area contributed by atoms with Crippen LogP contribution in [-0.4, -0.2) is 15.8 Å². The van der Waals surface area contributed by atoms with E-state index in [1.807, 2.05) is 0 Å². The van der Waals surface area contributed by atoms with Gasteiger partial charge in [0, 0.05) is 24.5 Å². The Morgan fingerprint density at radius 3 is 1.82 bits per heavy atom. The molecule has 0 aliphatic carbocycles. The molecule has 0 saturated heterocycles. The molecule has 0 fully saturated rings. The highest BCUT2D eigenvalue weighted by atomic mass is 16.6. The SMILES string of the molecule is O=C([O-])Cc1cc([N+](=O)[O-])c([O-])c([N+](=O)[O-])c1. The van der Waals surface area contributed by atoms with E-state index in [2.05, 4.69) is 0 Å². The van der Waals surface area contributed by atoms with Crippen molar-refractivity contribution in [1.29, 1.82) is 0 Å². The Balaban J connectivity index is 3.41. The first kappa shape index (κ1) is 12.4. The van der Waals surface area contributed by atoms with Crippen LogP contribution in [0.15, 0.2) is 12.1 Å². The van der Waals surface area contributed by atoms with Crippen LogP contribution in [0.3, 0.4) is 0 Å². The highest BCUT2D eigenvalue weighted by Crippen LogP contribution is 2.34. The van der Waals surface area contributed by atoms with E-state index < -0.39 is 39.4 Å². The molecule has 0 aliphatic heterocycles. The van der Waals surface area contributed by atoms with Gasteiger partial charge >= 0.3 is 0 Å². The molecule has 9 nitrogen and oxygen atoms in total. The highest BCUT2D eigenvalue weighted by Gasteiger charge is 2.19. The van der Waals surface area contributed by atoms with Gasteiger partial charge < -0.3 is 15.0 Å². The minimum absolute atomic E-state index is 0.233. The summed E-state index contributed by atoms with van der Waals surface area (Å²) in [7, 11) is 0. The number of carboxylic acids is 1. The van der Waals surface area contributed by atoms with Crippen LogP contribution in [0.5, 0.6) is 5.75 Å². The molecule has 0 spiro atoms. The monoisotopic (exact) mass is 240 g/mol. The molecule has 0 atom stereocenters. The number of carbonyl (C=O) groups is 1. The molecule has 0 radical (unpaired) electrons. The van der Waals surface area contributed by atoms with E-state index >= 15 is 0 Å². The summed E-state index contributed by atoms with van der Waals surface area (Å²) in [4.78, 5) is 29.0.